The summed E-state index contributed by atoms with van der Waals surface area (Å²) < 4.78 is 10.5. The van der Waals surface area contributed by atoms with Crippen LogP contribution in [0.15, 0.2) is 24.3 Å². The first-order valence-electron chi connectivity index (χ1n) is 6.12. The van der Waals surface area contributed by atoms with Gasteiger partial charge in [0.1, 0.15) is 12.8 Å². The van der Waals surface area contributed by atoms with Gasteiger partial charge in [0.15, 0.2) is 0 Å². The molecule has 1 amide bonds. The first kappa shape index (κ1) is 13.2. The summed E-state index contributed by atoms with van der Waals surface area (Å²) in [5, 5.41) is 10.9. The second kappa shape index (κ2) is 5.29. The summed E-state index contributed by atoms with van der Waals surface area (Å²) in [5.74, 6) is 0. The molecular formula is C12H12N2O5S. The normalized spacial score (nSPS) is 23.9. The van der Waals surface area contributed by atoms with Gasteiger partial charge in [0.05, 0.1) is 10.2 Å². The van der Waals surface area contributed by atoms with E-state index in [1.165, 1.54) is 24.2 Å². The van der Waals surface area contributed by atoms with Gasteiger partial charge in [-0.1, -0.05) is 0 Å². The van der Waals surface area contributed by atoms with Crippen molar-refractivity contribution in [2.45, 2.75) is 24.5 Å². The number of rotatable bonds is 3. The Morgan fingerprint density at radius 1 is 1.50 bits per heavy atom. The maximum absolute atomic E-state index is 11.9. The van der Waals surface area contributed by atoms with Gasteiger partial charge in [-0.15, -0.1) is 0 Å². The molecule has 3 rings (SSSR count). The highest BCUT2D eigenvalue weighted by molar-refractivity contribution is 7.95. The number of ether oxygens (including phenoxy) is 1. The van der Waals surface area contributed by atoms with Crippen molar-refractivity contribution in [2.24, 2.45) is 0 Å². The fourth-order valence-corrected chi connectivity index (χ4v) is 3.13. The number of nitrogens with zero attached hydrogens (tertiary/aromatic N) is 2. The summed E-state index contributed by atoms with van der Waals surface area (Å²) in [6.07, 6.45) is 0.252. The summed E-state index contributed by atoms with van der Waals surface area (Å²) in [7, 11) is 0. The first-order valence-corrected chi connectivity index (χ1v) is 6.93. The van der Waals surface area contributed by atoms with Crippen LogP contribution in [0.2, 0.25) is 0 Å². The van der Waals surface area contributed by atoms with E-state index < -0.39 is 11.0 Å². The Hall–Kier alpha value is -1.80. The molecule has 2 atom stereocenters. The Kier molecular flexibility index (Phi) is 3.49. The maximum atomic E-state index is 11.9. The minimum Gasteiger partial charge on any atom is -0.444 e. The molecule has 0 N–H and O–H groups in total. The Morgan fingerprint density at radius 3 is 2.80 bits per heavy atom. The predicted molar refractivity (Wildman–Crippen MR) is 70.9 cm³/mol. The van der Waals surface area contributed by atoms with E-state index in [9.17, 15) is 14.9 Å². The second-order valence-electron chi connectivity index (χ2n) is 4.64. The molecule has 2 aliphatic rings. The van der Waals surface area contributed by atoms with Gasteiger partial charge in [-0.05, 0) is 29.7 Å². The number of carbonyl (C=O) groups excluding carboxylic acids is 1. The Balaban J connectivity index is 1.54. The molecule has 0 spiro atoms. The third-order valence-corrected chi connectivity index (χ3v) is 4.21. The fourth-order valence-electron chi connectivity index (χ4n) is 2.20. The lowest BCUT2D eigenvalue weighted by Crippen LogP contribution is -2.38. The lowest BCUT2D eigenvalue weighted by molar-refractivity contribution is -0.384. The first-order chi connectivity index (χ1) is 9.63. The molecule has 106 valence electrons. The molecule has 2 saturated heterocycles. The van der Waals surface area contributed by atoms with Gasteiger partial charge in [-0.3, -0.25) is 19.2 Å². The van der Waals surface area contributed by atoms with Crippen molar-refractivity contribution >= 4 is 23.8 Å². The lowest BCUT2D eigenvalue weighted by Gasteiger charge is -2.25. The topological polar surface area (TPSA) is 81.9 Å². The average molecular weight is 296 g/mol. The number of non-ortho nitro benzene ring substituents is 1. The molecule has 2 bridgehead atoms. The second-order valence-corrected chi connectivity index (χ2v) is 5.69. The van der Waals surface area contributed by atoms with Gasteiger partial charge in [-0.25, -0.2) is 4.79 Å². The quantitative estimate of drug-likeness (QED) is 0.483. The molecule has 1 aromatic rings. The summed E-state index contributed by atoms with van der Waals surface area (Å²) in [4.78, 5) is 23.5. The monoisotopic (exact) mass is 296 g/mol. The SMILES string of the molecule is O=C(OCc1ccc([N+](=O)[O-])cc1)N1CC2CC1OS2. The minimum atomic E-state index is -0.467. The number of likely N-dealkylation sites (tertiary alicyclic amines) is 1. The molecule has 20 heavy (non-hydrogen) atoms. The fraction of sp³-hybridized carbons (Fsp3) is 0.417. The zero-order valence-corrected chi connectivity index (χ0v) is 11.2. The third-order valence-electron chi connectivity index (χ3n) is 3.26. The standard InChI is InChI=1S/C12H12N2O5S/c15-12(13-6-10-5-11(13)19-20-10)18-7-8-1-3-9(4-2-8)14(16)17/h1-4,10-11H,5-7H2. The van der Waals surface area contributed by atoms with E-state index in [1.54, 1.807) is 17.0 Å². The molecule has 2 unspecified atom stereocenters. The zero-order valence-electron chi connectivity index (χ0n) is 10.4. The summed E-state index contributed by atoms with van der Waals surface area (Å²) in [6, 6.07) is 5.93. The summed E-state index contributed by atoms with van der Waals surface area (Å²) in [6.45, 7) is 0.742. The molecule has 2 heterocycles. The van der Waals surface area contributed by atoms with E-state index in [0.29, 0.717) is 17.4 Å². The van der Waals surface area contributed by atoms with E-state index in [4.69, 9.17) is 8.92 Å². The van der Waals surface area contributed by atoms with E-state index in [0.717, 1.165) is 6.42 Å². The van der Waals surface area contributed by atoms with Gasteiger partial charge >= 0.3 is 6.09 Å². The van der Waals surface area contributed by atoms with Gasteiger partial charge in [0.2, 0.25) is 0 Å². The highest BCUT2D eigenvalue weighted by Gasteiger charge is 2.43. The number of amides is 1. The molecule has 8 heteroatoms. The average Bonchev–Trinajstić information content (AvgIpc) is 3.08. The highest BCUT2D eigenvalue weighted by Crippen LogP contribution is 2.39. The molecule has 0 aromatic heterocycles. The van der Waals surface area contributed by atoms with Gasteiger partial charge in [0.25, 0.3) is 5.69 Å². The van der Waals surface area contributed by atoms with Crippen LogP contribution in [0.25, 0.3) is 0 Å². The summed E-state index contributed by atoms with van der Waals surface area (Å²) >= 11 is 1.42. The van der Waals surface area contributed by atoms with Crippen LogP contribution >= 0.6 is 12.0 Å². The van der Waals surface area contributed by atoms with Gasteiger partial charge in [0, 0.05) is 25.1 Å². The molecule has 7 nitrogen and oxygen atoms in total. The Bertz CT molecular complexity index is 535. The van der Waals surface area contributed by atoms with E-state index >= 15 is 0 Å². The molecule has 2 aliphatic heterocycles. The van der Waals surface area contributed by atoms with Crippen molar-refractivity contribution in [3.05, 3.63) is 39.9 Å². The van der Waals surface area contributed by atoms with Crippen LogP contribution in [0.3, 0.4) is 0 Å². The van der Waals surface area contributed by atoms with Crippen molar-refractivity contribution < 1.29 is 18.6 Å². The number of nitro benzene ring substituents is 1. The van der Waals surface area contributed by atoms with E-state index in [2.05, 4.69) is 0 Å². The van der Waals surface area contributed by atoms with Crippen LogP contribution in [0.5, 0.6) is 0 Å². The molecule has 0 aliphatic carbocycles. The van der Waals surface area contributed by atoms with Crippen LogP contribution < -0.4 is 0 Å². The number of hydrogen-bond acceptors (Lipinski definition) is 6. The maximum Gasteiger partial charge on any atom is 0.412 e. The third kappa shape index (κ3) is 2.56. The molecule has 0 radical (unpaired) electrons. The van der Waals surface area contributed by atoms with E-state index in [-0.39, 0.29) is 18.5 Å². The van der Waals surface area contributed by atoms with Crippen molar-refractivity contribution in [1.29, 1.82) is 0 Å². The molecular weight excluding hydrogens is 284 g/mol. The van der Waals surface area contributed by atoms with Crippen molar-refractivity contribution in [2.75, 3.05) is 6.54 Å². The molecule has 0 saturated carbocycles. The van der Waals surface area contributed by atoms with Crippen molar-refractivity contribution in [3.8, 4) is 0 Å². The number of hydrogen-bond donors (Lipinski definition) is 0. The largest absolute Gasteiger partial charge is 0.444 e. The zero-order chi connectivity index (χ0) is 14.1. The van der Waals surface area contributed by atoms with Crippen LogP contribution in [0.1, 0.15) is 12.0 Å². The van der Waals surface area contributed by atoms with Crippen LogP contribution in [0.4, 0.5) is 10.5 Å². The lowest BCUT2D eigenvalue weighted by atomic mass is 10.2. The minimum absolute atomic E-state index is 0.0161. The Morgan fingerprint density at radius 2 is 2.25 bits per heavy atom. The summed E-state index contributed by atoms with van der Waals surface area (Å²) in [5.41, 5.74) is 0.728. The molecule has 2 fully saturated rings. The predicted octanol–water partition coefficient (Wildman–Crippen LogP) is 2.31. The number of carbonyl (C=O) groups is 1. The number of benzene rings is 1. The van der Waals surface area contributed by atoms with Gasteiger partial charge in [-0.2, -0.15) is 0 Å². The van der Waals surface area contributed by atoms with Crippen LogP contribution in [-0.4, -0.2) is 33.9 Å². The smallest absolute Gasteiger partial charge is 0.412 e. The van der Waals surface area contributed by atoms with Crippen LogP contribution in [0, 0.1) is 10.1 Å². The van der Waals surface area contributed by atoms with Crippen molar-refractivity contribution in [1.82, 2.24) is 4.90 Å². The Labute approximate surface area is 119 Å². The molecule has 1 aromatic carbocycles. The number of fused-ring (bicyclic) bond motifs is 2. The number of nitro groups is 1. The van der Waals surface area contributed by atoms with E-state index in [1.807, 2.05) is 0 Å². The highest BCUT2D eigenvalue weighted by atomic mass is 32.2. The van der Waals surface area contributed by atoms with Gasteiger partial charge < -0.3 is 4.74 Å². The van der Waals surface area contributed by atoms with Crippen LogP contribution in [-0.2, 0) is 15.5 Å². The van der Waals surface area contributed by atoms with Crippen molar-refractivity contribution in [3.63, 3.8) is 0 Å².